The molecular formula is C7H13FS. The van der Waals surface area contributed by atoms with E-state index < -0.39 is 6.17 Å². The Kier molecular flexibility index (Phi) is 2.39. The van der Waals surface area contributed by atoms with Crippen molar-refractivity contribution in [2.75, 3.05) is 5.75 Å². The normalized spacial score (nSPS) is 43.7. The molecule has 1 rings (SSSR count). The zero-order valence-corrected chi connectivity index (χ0v) is 6.75. The third kappa shape index (κ3) is 1.40. The van der Waals surface area contributed by atoms with Crippen LogP contribution < -0.4 is 0 Å². The summed E-state index contributed by atoms with van der Waals surface area (Å²) in [6.07, 6.45) is 0.576. The third-order valence-electron chi connectivity index (χ3n) is 2.03. The number of thioether (sulfide) groups is 1. The summed E-state index contributed by atoms with van der Waals surface area (Å²) < 4.78 is 12.7. The lowest BCUT2D eigenvalue weighted by atomic mass is 10.0. The predicted octanol–water partition coefficient (Wildman–Crippen LogP) is 2.49. The van der Waals surface area contributed by atoms with Crippen molar-refractivity contribution >= 4 is 11.8 Å². The van der Waals surface area contributed by atoms with E-state index in [9.17, 15) is 4.39 Å². The highest BCUT2D eigenvalue weighted by Crippen LogP contribution is 2.35. The second-order valence-corrected chi connectivity index (χ2v) is 3.93. The Labute approximate surface area is 60.2 Å². The highest BCUT2D eigenvalue weighted by Gasteiger charge is 2.31. The minimum Gasteiger partial charge on any atom is -0.246 e. The number of rotatable bonds is 1. The monoisotopic (exact) mass is 148 g/mol. The van der Waals surface area contributed by atoms with Gasteiger partial charge in [-0.25, -0.2) is 4.39 Å². The average Bonchev–Trinajstić information content (AvgIpc) is 2.15. The zero-order chi connectivity index (χ0) is 6.85. The summed E-state index contributed by atoms with van der Waals surface area (Å²) in [7, 11) is 0. The molecule has 0 aromatic heterocycles. The second kappa shape index (κ2) is 2.91. The van der Waals surface area contributed by atoms with Gasteiger partial charge >= 0.3 is 0 Å². The molecule has 0 spiro atoms. The van der Waals surface area contributed by atoms with Gasteiger partial charge in [-0.05, 0) is 12.3 Å². The van der Waals surface area contributed by atoms with E-state index in [1.54, 1.807) is 11.8 Å². The summed E-state index contributed by atoms with van der Waals surface area (Å²) in [5, 5.41) is 0.583. The second-order valence-electron chi connectivity index (χ2n) is 2.66. The first-order chi connectivity index (χ1) is 4.25. The van der Waals surface area contributed by atoms with Crippen LogP contribution in [0, 0.1) is 5.92 Å². The molecule has 1 saturated heterocycles. The smallest absolute Gasteiger partial charge is 0.113 e. The lowest BCUT2D eigenvalue weighted by molar-refractivity contribution is 0.277. The van der Waals surface area contributed by atoms with E-state index in [4.69, 9.17) is 0 Å². The van der Waals surface area contributed by atoms with E-state index in [0.29, 0.717) is 11.2 Å². The fourth-order valence-electron chi connectivity index (χ4n) is 1.24. The van der Waals surface area contributed by atoms with Crippen molar-refractivity contribution in [3.63, 3.8) is 0 Å². The quantitative estimate of drug-likeness (QED) is 0.550. The Morgan fingerprint density at radius 1 is 1.67 bits per heavy atom. The van der Waals surface area contributed by atoms with Gasteiger partial charge in [0.2, 0.25) is 0 Å². The molecule has 54 valence electrons. The van der Waals surface area contributed by atoms with Gasteiger partial charge in [0.1, 0.15) is 6.17 Å². The number of halogens is 1. The zero-order valence-electron chi connectivity index (χ0n) is 5.93. The molecule has 0 bridgehead atoms. The van der Waals surface area contributed by atoms with Crippen molar-refractivity contribution in [3.05, 3.63) is 0 Å². The molecule has 1 aliphatic rings. The van der Waals surface area contributed by atoms with E-state index in [1.165, 1.54) is 0 Å². The molecule has 0 aromatic rings. The van der Waals surface area contributed by atoms with Gasteiger partial charge in [-0.1, -0.05) is 13.8 Å². The molecule has 1 aliphatic heterocycles. The van der Waals surface area contributed by atoms with Gasteiger partial charge in [-0.15, -0.1) is 0 Å². The molecule has 9 heavy (non-hydrogen) atoms. The molecule has 2 heteroatoms. The van der Waals surface area contributed by atoms with E-state index >= 15 is 0 Å². The number of hydrogen-bond acceptors (Lipinski definition) is 1. The van der Waals surface area contributed by atoms with E-state index in [-0.39, 0.29) is 0 Å². The largest absolute Gasteiger partial charge is 0.246 e. The van der Waals surface area contributed by atoms with Crippen LogP contribution in [0.25, 0.3) is 0 Å². The van der Waals surface area contributed by atoms with E-state index in [0.717, 1.165) is 12.2 Å². The first kappa shape index (κ1) is 7.39. The highest BCUT2D eigenvalue weighted by molar-refractivity contribution is 8.00. The highest BCUT2D eigenvalue weighted by atomic mass is 32.2. The molecule has 0 amide bonds. The van der Waals surface area contributed by atoms with Crippen LogP contribution in [0.3, 0.4) is 0 Å². The van der Waals surface area contributed by atoms with Crippen molar-refractivity contribution in [3.8, 4) is 0 Å². The number of hydrogen-bond donors (Lipinski definition) is 0. The van der Waals surface area contributed by atoms with Crippen LogP contribution in [-0.2, 0) is 0 Å². The molecule has 0 unspecified atom stereocenters. The summed E-state index contributed by atoms with van der Waals surface area (Å²) in [5.41, 5.74) is 0. The van der Waals surface area contributed by atoms with Gasteiger partial charge < -0.3 is 0 Å². The minimum absolute atomic E-state index is 0.292. The Morgan fingerprint density at radius 2 is 2.33 bits per heavy atom. The maximum Gasteiger partial charge on any atom is 0.113 e. The van der Waals surface area contributed by atoms with Crippen molar-refractivity contribution in [1.82, 2.24) is 0 Å². The van der Waals surface area contributed by atoms with Crippen LogP contribution in [0.1, 0.15) is 20.3 Å². The van der Waals surface area contributed by atoms with Gasteiger partial charge in [-0.2, -0.15) is 11.8 Å². The standard InChI is InChI=1S/C7H13FS/c1-3-7-5(2)6(8)4-9-7/h5-7H,3-4H2,1-2H3/t5-,6+,7+/m0/s1. The first-order valence-electron chi connectivity index (χ1n) is 3.51. The molecule has 0 nitrogen and oxygen atoms in total. The molecule has 1 heterocycles. The van der Waals surface area contributed by atoms with Gasteiger partial charge in [0, 0.05) is 11.0 Å². The summed E-state index contributed by atoms with van der Waals surface area (Å²) in [6, 6.07) is 0. The van der Waals surface area contributed by atoms with Crippen LogP contribution in [0.5, 0.6) is 0 Å². The summed E-state index contributed by atoms with van der Waals surface area (Å²) in [6.45, 7) is 4.14. The molecule has 0 saturated carbocycles. The molecule has 0 aromatic carbocycles. The van der Waals surface area contributed by atoms with Crippen molar-refractivity contribution < 1.29 is 4.39 Å². The molecule has 0 aliphatic carbocycles. The maximum atomic E-state index is 12.7. The third-order valence-corrected chi connectivity index (χ3v) is 3.73. The predicted molar refractivity (Wildman–Crippen MR) is 40.6 cm³/mol. The first-order valence-corrected chi connectivity index (χ1v) is 4.56. The minimum atomic E-state index is -0.542. The topological polar surface area (TPSA) is 0 Å². The number of alkyl halides is 1. The van der Waals surface area contributed by atoms with Crippen molar-refractivity contribution in [2.45, 2.75) is 31.7 Å². The Balaban J connectivity index is 2.41. The lowest BCUT2D eigenvalue weighted by Crippen LogP contribution is -2.15. The summed E-state index contributed by atoms with van der Waals surface area (Å²) >= 11 is 1.78. The summed E-state index contributed by atoms with van der Waals surface area (Å²) in [5.74, 6) is 1.01. The maximum absolute atomic E-state index is 12.7. The SMILES string of the molecule is CC[C@H]1SC[C@@H](F)[C@@H]1C. The van der Waals surface area contributed by atoms with E-state index in [2.05, 4.69) is 6.92 Å². The summed E-state index contributed by atoms with van der Waals surface area (Å²) in [4.78, 5) is 0. The Bertz CT molecular complexity index is 94.9. The molecule has 1 fully saturated rings. The van der Waals surface area contributed by atoms with Gasteiger partial charge in [0.25, 0.3) is 0 Å². The average molecular weight is 148 g/mol. The molecular weight excluding hydrogens is 135 g/mol. The van der Waals surface area contributed by atoms with Crippen LogP contribution in [0.2, 0.25) is 0 Å². The fraction of sp³-hybridized carbons (Fsp3) is 1.00. The van der Waals surface area contributed by atoms with E-state index in [1.807, 2.05) is 6.92 Å². The fourth-order valence-corrected chi connectivity index (χ4v) is 2.69. The van der Waals surface area contributed by atoms with Crippen LogP contribution in [0.15, 0.2) is 0 Å². The molecule has 3 atom stereocenters. The van der Waals surface area contributed by atoms with Crippen LogP contribution in [0.4, 0.5) is 4.39 Å². The van der Waals surface area contributed by atoms with Gasteiger partial charge in [0.15, 0.2) is 0 Å². The Morgan fingerprint density at radius 3 is 2.56 bits per heavy atom. The Hall–Kier alpha value is 0.280. The van der Waals surface area contributed by atoms with Gasteiger partial charge in [-0.3, -0.25) is 0 Å². The van der Waals surface area contributed by atoms with Crippen LogP contribution in [-0.4, -0.2) is 17.2 Å². The molecule has 0 radical (unpaired) electrons. The van der Waals surface area contributed by atoms with Crippen molar-refractivity contribution in [1.29, 1.82) is 0 Å². The van der Waals surface area contributed by atoms with Crippen LogP contribution >= 0.6 is 11.8 Å². The van der Waals surface area contributed by atoms with Gasteiger partial charge in [0.05, 0.1) is 0 Å². The van der Waals surface area contributed by atoms with Crippen molar-refractivity contribution in [2.24, 2.45) is 5.92 Å². The molecule has 0 N–H and O–H groups in total. The lowest BCUT2D eigenvalue weighted by Gasteiger charge is -2.11.